The maximum atomic E-state index is 13.7. The lowest BCUT2D eigenvalue weighted by Crippen LogP contribution is -2.15. The molecule has 19 heavy (non-hydrogen) atoms. The van der Waals surface area contributed by atoms with Gasteiger partial charge in [-0.25, -0.2) is 4.39 Å². The van der Waals surface area contributed by atoms with Gasteiger partial charge in [-0.15, -0.1) is 0 Å². The van der Waals surface area contributed by atoms with Crippen LogP contribution in [-0.4, -0.2) is 5.91 Å². The lowest BCUT2D eigenvalue weighted by Gasteiger charge is -2.10. The van der Waals surface area contributed by atoms with Crippen LogP contribution < -0.4 is 11.1 Å². The van der Waals surface area contributed by atoms with Gasteiger partial charge in [0.1, 0.15) is 5.82 Å². The molecule has 0 aliphatic carbocycles. The lowest BCUT2D eigenvalue weighted by molar-refractivity contribution is 0.102. The van der Waals surface area contributed by atoms with Crippen molar-refractivity contribution in [3.63, 3.8) is 0 Å². The Morgan fingerprint density at radius 3 is 2.74 bits per heavy atom. The Morgan fingerprint density at radius 1 is 1.32 bits per heavy atom. The predicted molar refractivity (Wildman–Crippen MR) is 77.6 cm³/mol. The van der Waals surface area contributed by atoms with Crippen LogP contribution in [0, 0.1) is 12.7 Å². The van der Waals surface area contributed by atoms with Crippen LogP contribution in [0.2, 0.25) is 0 Å². The predicted octanol–water partition coefficient (Wildman–Crippen LogP) is 3.73. The molecule has 3 nitrogen and oxygen atoms in total. The Balaban J connectivity index is 2.34. The van der Waals surface area contributed by atoms with Crippen LogP contribution in [0.25, 0.3) is 0 Å². The average Bonchev–Trinajstić information content (AvgIpc) is 2.33. The van der Waals surface area contributed by atoms with E-state index in [1.807, 2.05) is 6.92 Å². The largest absolute Gasteiger partial charge is 0.399 e. The molecule has 0 unspecified atom stereocenters. The van der Waals surface area contributed by atoms with Gasteiger partial charge in [0, 0.05) is 15.8 Å². The van der Waals surface area contributed by atoms with E-state index in [2.05, 4.69) is 21.2 Å². The molecule has 0 aliphatic rings. The maximum absolute atomic E-state index is 13.7. The first kappa shape index (κ1) is 13.5. The summed E-state index contributed by atoms with van der Waals surface area (Å²) in [6.07, 6.45) is 0. The highest BCUT2D eigenvalue weighted by Crippen LogP contribution is 2.23. The number of carbonyl (C=O) groups excluding carboxylic acids is 1. The molecule has 0 aromatic heterocycles. The van der Waals surface area contributed by atoms with Crippen molar-refractivity contribution < 1.29 is 9.18 Å². The van der Waals surface area contributed by atoms with Gasteiger partial charge in [0.25, 0.3) is 5.91 Å². The molecule has 1 amide bonds. The fourth-order valence-corrected chi connectivity index (χ4v) is 2.20. The maximum Gasteiger partial charge on any atom is 0.259 e. The lowest BCUT2D eigenvalue weighted by atomic mass is 10.1. The zero-order chi connectivity index (χ0) is 14.0. The highest BCUT2D eigenvalue weighted by Gasteiger charge is 2.16. The molecule has 98 valence electrons. The van der Waals surface area contributed by atoms with E-state index in [0.717, 1.165) is 5.56 Å². The van der Waals surface area contributed by atoms with Gasteiger partial charge < -0.3 is 11.1 Å². The standard InChI is InChI=1S/C14H12BrFN2O/c1-8-5-6-9(17)7-12(8)18-14(19)13-10(15)3-2-4-11(13)16/h2-7H,17H2,1H3,(H,18,19). The van der Waals surface area contributed by atoms with E-state index in [4.69, 9.17) is 5.73 Å². The Hall–Kier alpha value is -1.88. The van der Waals surface area contributed by atoms with Gasteiger partial charge in [-0.1, -0.05) is 12.1 Å². The SMILES string of the molecule is Cc1ccc(N)cc1NC(=O)c1c(F)cccc1Br. The highest BCUT2D eigenvalue weighted by atomic mass is 79.9. The number of nitrogens with one attached hydrogen (secondary N) is 1. The number of aryl methyl sites for hydroxylation is 1. The van der Waals surface area contributed by atoms with Crippen LogP contribution in [0.15, 0.2) is 40.9 Å². The van der Waals surface area contributed by atoms with Crippen molar-refractivity contribution in [3.05, 3.63) is 57.8 Å². The summed E-state index contributed by atoms with van der Waals surface area (Å²) in [4.78, 5) is 12.1. The first-order valence-electron chi connectivity index (χ1n) is 5.60. The number of anilines is 2. The van der Waals surface area contributed by atoms with Crippen molar-refractivity contribution in [3.8, 4) is 0 Å². The minimum Gasteiger partial charge on any atom is -0.399 e. The van der Waals surface area contributed by atoms with Crippen molar-refractivity contribution in [1.29, 1.82) is 0 Å². The summed E-state index contributed by atoms with van der Waals surface area (Å²) in [5.41, 5.74) is 7.61. The summed E-state index contributed by atoms with van der Waals surface area (Å²) in [6.45, 7) is 1.84. The van der Waals surface area contributed by atoms with Crippen LogP contribution in [0.1, 0.15) is 15.9 Å². The Bertz CT molecular complexity index is 623. The number of hydrogen-bond acceptors (Lipinski definition) is 2. The summed E-state index contributed by atoms with van der Waals surface area (Å²) >= 11 is 3.17. The Morgan fingerprint density at radius 2 is 2.05 bits per heavy atom. The highest BCUT2D eigenvalue weighted by molar-refractivity contribution is 9.10. The molecule has 0 spiro atoms. The van der Waals surface area contributed by atoms with Crippen molar-refractivity contribution in [2.45, 2.75) is 6.92 Å². The van der Waals surface area contributed by atoms with E-state index < -0.39 is 11.7 Å². The van der Waals surface area contributed by atoms with Crippen molar-refractivity contribution >= 4 is 33.2 Å². The van der Waals surface area contributed by atoms with Crippen LogP contribution in [0.3, 0.4) is 0 Å². The molecule has 2 rings (SSSR count). The first-order valence-corrected chi connectivity index (χ1v) is 6.40. The van der Waals surface area contributed by atoms with Crippen LogP contribution in [0.5, 0.6) is 0 Å². The number of halogens is 2. The minimum atomic E-state index is -0.576. The topological polar surface area (TPSA) is 55.1 Å². The molecule has 3 N–H and O–H groups in total. The number of benzene rings is 2. The molecule has 2 aromatic rings. The van der Waals surface area contributed by atoms with Crippen molar-refractivity contribution in [1.82, 2.24) is 0 Å². The first-order chi connectivity index (χ1) is 8.99. The second-order valence-electron chi connectivity index (χ2n) is 4.13. The Kier molecular flexibility index (Phi) is 3.85. The fraction of sp³-hybridized carbons (Fsp3) is 0.0714. The van der Waals surface area contributed by atoms with Gasteiger partial charge in [0.05, 0.1) is 5.56 Å². The molecule has 0 radical (unpaired) electrons. The molecule has 2 aromatic carbocycles. The summed E-state index contributed by atoms with van der Waals surface area (Å²) in [7, 11) is 0. The van der Waals surface area contributed by atoms with Gasteiger partial charge in [-0.05, 0) is 52.7 Å². The Labute approximate surface area is 118 Å². The van der Waals surface area contributed by atoms with E-state index in [1.54, 1.807) is 24.3 Å². The smallest absolute Gasteiger partial charge is 0.259 e. The summed E-state index contributed by atoms with van der Waals surface area (Å²) < 4.78 is 14.1. The van der Waals surface area contributed by atoms with E-state index in [1.165, 1.54) is 12.1 Å². The van der Waals surface area contributed by atoms with Crippen LogP contribution in [-0.2, 0) is 0 Å². The van der Waals surface area contributed by atoms with Gasteiger partial charge in [0.15, 0.2) is 0 Å². The summed E-state index contributed by atoms with van der Waals surface area (Å²) in [6, 6.07) is 9.56. The zero-order valence-electron chi connectivity index (χ0n) is 10.2. The van der Waals surface area contributed by atoms with Crippen molar-refractivity contribution in [2.75, 3.05) is 11.1 Å². The molecule has 0 bridgehead atoms. The van der Waals surface area contributed by atoms with E-state index in [-0.39, 0.29) is 5.56 Å². The molecule has 0 atom stereocenters. The molecule has 0 heterocycles. The summed E-state index contributed by atoms with van der Waals surface area (Å²) in [5.74, 6) is -1.09. The molecular formula is C14H12BrFN2O. The van der Waals surface area contributed by atoms with Gasteiger partial charge >= 0.3 is 0 Å². The second-order valence-corrected chi connectivity index (χ2v) is 4.98. The quantitative estimate of drug-likeness (QED) is 0.828. The number of carbonyl (C=O) groups is 1. The molecule has 0 aliphatic heterocycles. The number of nitrogens with two attached hydrogens (primary N) is 1. The number of rotatable bonds is 2. The minimum absolute atomic E-state index is 0.0238. The number of hydrogen-bond donors (Lipinski definition) is 2. The molecule has 0 saturated carbocycles. The van der Waals surface area contributed by atoms with E-state index in [9.17, 15) is 9.18 Å². The van der Waals surface area contributed by atoms with Crippen LogP contribution in [0.4, 0.5) is 15.8 Å². The molecular weight excluding hydrogens is 311 g/mol. The van der Waals surface area contributed by atoms with Gasteiger partial charge in [0.2, 0.25) is 0 Å². The summed E-state index contributed by atoms with van der Waals surface area (Å²) in [5, 5.41) is 2.66. The third-order valence-corrected chi connectivity index (χ3v) is 3.36. The fourth-order valence-electron chi connectivity index (χ4n) is 1.67. The van der Waals surface area contributed by atoms with Crippen molar-refractivity contribution in [2.24, 2.45) is 0 Å². The van der Waals surface area contributed by atoms with E-state index >= 15 is 0 Å². The molecule has 5 heteroatoms. The molecule has 0 saturated heterocycles. The number of nitrogen functional groups attached to an aromatic ring is 1. The third kappa shape index (κ3) is 2.93. The van der Waals surface area contributed by atoms with Gasteiger partial charge in [-0.3, -0.25) is 4.79 Å². The van der Waals surface area contributed by atoms with Crippen LogP contribution >= 0.6 is 15.9 Å². The van der Waals surface area contributed by atoms with Gasteiger partial charge in [-0.2, -0.15) is 0 Å². The second kappa shape index (κ2) is 5.40. The van der Waals surface area contributed by atoms with E-state index in [0.29, 0.717) is 15.8 Å². The number of amides is 1. The monoisotopic (exact) mass is 322 g/mol. The average molecular weight is 323 g/mol. The normalized spacial score (nSPS) is 10.3. The molecule has 0 fully saturated rings. The zero-order valence-corrected chi connectivity index (χ0v) is 11.8. The third-order valence-electron chi connectivity index (χ3n) is 2.70.